The number of methoxy groups -OCH3 is 1. The molecule has 3 aromatic rings. The maximum atomic E-state index is 12.3. The zero-order valence-corrected chi connectivity index (χ0v) is 18.1. The van der Waals surface area contributed by atoms with E-state index in [0.29, 0.717) is 35.4 Å². The van der Waals surface area contributed by atoms with E-state index < -0.39 is 6.09 Å². The van der Waals surface area contributed by atoms with Crippen LogP contribution in [0.5, 0.6) is 0 Å². The fourth-order valence-electron chi connectivity index (χ4n) is 2.95. The maximum Gasteiger partial charge on any atom is 0.413 e. The average Bonchev–Trinajstić information content (AvgIpc) is 3.26. The number of benzene rings is 2. The Hall–Kier alpha value is -3.68. The van der Waals surface area contributed by atoms with Gasteiger partial charge in [0.25, 0.3) is 0 Å². The van der Waals surface area contributed by atoms with Crippen LogP contribution in [0.15, 0.2) is 53.1 Å². The standard InChI is InChI=1S/C23H26N4O4/c1-15(2)16-5-7-17(8-6-16)22-25-21(31-26-22)14-13-20(28)24-18-9-11-19(12-10-18)27(3)23(29)30-4/h5-12,15H,13-14H2,1-4H3,(H,24,28). The summed E-state index contributed by atoms with van der Waals surface area (Å²) >= 11 is 0. The number of nitrogens with zero attached hydrogens (tertiary/aromatic N) is 3. The van der Waals surface area contributed by atoms with Crippen LogP contribution >= 0.6 is 0 Å². The molecule has 0 fully saturated rings. The van der Waals surface area contributed by atoms with E-state index in [9.17, 15) is 9.59 Å². The average molecular weight is 422 g/mol. The molecule has 0 spiro atoms. The molecule has 8 nitrogen and oxygen atoms in total. The lowest BCUT2D eigenvalue weighted by molar-refractivity contribution is -0.116. The van der Waals surface area contributed by atoms with Crippen LogP contribution < -0.4 is 10.2 Å². The predicted octanol–water partition coefficient (Wildman–Crippen LogP) is 4.63. The van der Waals surface area contributed by atoms with Gasteiger partial charge < -0.3 is 14.6 Å². The number of carbonyl (C=O) groups excluding carboxylic acids is 2. The Morgan fingerprint density at radius 1 is 1.10 bits per heavy atom. The monoisotopic (exact) mass is 422 g/mol. The van der Waals surface area contributed by atoms with Gasteiger partial charge in [-0.3, -0.25) is 9.69 Å². The van der Waals surface area contributed by atoms with Crippen molar-refractivity contribution in [3.8, 4) is 11.4 Å². The third kappa shape index (κ3) is 5.69. The van der Waals surface area contributed by atoms with Crippen molar-refractivity contribution in [2.75, 3.05) is 24.4 Å². The van der Waals surface area contributed by atoms with Crippen LogP contribution in [0.2, 0.25) is 0 Å². The molecule has 162 valence electrons. The SMILES string of the molecule is COC(=O)N(C)c1ccc(NC(=O)CCc2nc(-c3ccc(C(C)C)cc3)no2)cc1. The molecule has 2 amide bonds. The first-order valence-electron chi connectivity index (χ1n) is 10.0. The van der Waals surface area contributed by atoms with Crippen molar-refractivity contribution in [1.29, 1.82) is 0 Å². The number of ether oxygens (including phenoxy) is 1. The van der Waals surface area contributed by atoms with Crippen molar-refractivity contribution in [3.05, 3.63) is 60.0 Å². The molecule has 0 atom stereocenters. The summed E-state index contributed by atoms with van der Waals surface area (Å²) in [6.45, 7) is 4.28. The number of anilines is 2. The Kier molecular flexibility index (Phi) is 7.02. The highest BCUT2D eigenvalue weighted by Crippen LogP contribution is 2.21. The molecule has 1 aromatic heterocycles. The summed E-state index contributed by atoms with van der Waals surface area (Å²) in [6, 6.07) is 14.9. The van der Waals surface area contributed by atoms with Crippen LogP contribution in [0, 0.1) is 0 Å². The van der Waals surface area contributed by atoms with Crippen LogP contribution in [-0.4, -0.2) is 36.3 Å². The molecule has 0 unspecified atom stereocenters. The summed E-state index contributed by atoms with van der Waals surface area (Å²) in [5, 5.41) is 6.82. The first-order chi connectivity index (χ1) is 14.9. The minimum atomic E-state index is -0.466. The zero-order chi connectivity index (χ0) is 22.4. The third-order valence-corrected chi connectivity index (χ3v) is 4.86. The lowest BCUT2D eigenvalue weighted by Crippen LogP contribution is -2.25. The van der Waals surface area contributed by atoms with E-state index >= 15 is 0 Å². The van der Waals surface area contributed by atoms with Crippen LogP contribution in [0.1, 0.15) is 37.6 Å². The van der Waals surface area contributed by atoms with E-state index in [1.165, 1.54) is 17.6 Å². The first kappa shape index (κ1) is 22.0. The van der Waals surface area contributed by atoms with E-state index in [4.69, 9.17) is 4.52 Å². The Labute approximate surface area is 181 Å². The molecule has 0 aliphatic heterocycles. The fourth-order valence-corrected chi connectivity index (χ4v) is 2.95. The number of hydrogen-bond donors (Lipinski definition) is 1. The zero-order valence-electron chi connectivity index (χ0n) is 18.1. The summed E-state index contributed by atoms with van der Waals surface area (Å²) in [5.74, 6) is 1.21. The lowest BCUT2D eigenvalue weighted by Gasteiger charge is -2.15. The number of rotatable bonds is 7. The topological polar surface area (TPSA) is 97.6 Å². The molecule has 1 N–H and O–H groups in total. The second kappa shape index (κ2) is 9.88. The van der Waals surface area contributed by atoms with Gasteiger partial charge in [-0.15, -0.1) is 0 Å². The molecule has 2 aromatic carbocycles. The van der Waals surface area contributed by atoms with Crippen LogP contribution in [0.25, 0.3) is 11.4 Å². The van der Waals surface area contributed by atoms with Crippen molar-refractivity contribution in [1.82, 2.24) is 10.1 Å². The Morgan fingerprint density at radius 2 is 1.77 bits per heavy atom. The van der Waals surface area contributed by atoms with Crippen LogP contribution in [0.4, 0.5) is 16.2 Å². The van der Waals surface area contributed by atoms with Crippen molar-refractivity contribution in [2.45, 2.75) is 32.6 Å². The summed E-state index contributed by atoms with van der Waals surface area (Å²) < 4.78 is 9.96. The van der Waals surface area contributed by atoms with E-state index in [2.05, 4.69) is 46.2 Å². The van der Waals surface area contributed by atoms with Gasteiger partial charge >= 0.3 is 6.09 Å². The molecule has 0 radical (unpaired) electrons. The smallest absolute Gasteiger partial charge is 0.413 e. The number of nitrogens with one attached hydrogen (secondary N) is 1. The Morgan fingerprint density at radius 3 is 2.39 bits per heavy atom. The molecule has 1 heterocycles. The molecular weight excluding hydrogens is 396 g/mol. The van der Waals surface area contributed by atoms with Gasteiger partial charge in [0.15, 0.2) is 0 Å². The van der Waals surface area contributed by atoms with Gasteiger partial charge in [0, 0.05) is 36.8 Å². The predicted molar refractivity (Wildman–Crippen MR) is 118 cm³/mol. The normalized spacial score (nSPS) is 10.7. The van der Waals surface area contributed by atoms with E-state index in [1.807, 2.05) is 12.1 Å². The highest BCUT2D eigenvalue weighted by Gasteiger charge is 2.13. The second-order valence-electron chi connectivity index (χ2n) is 7.41. The summed E-state index contributed by atoms with van der Waals surface area (Å²) in [6.07, 6.45) is 0.0793. The van der Waals surface area contributed by atoms with Crippen molar-refractivity contribution < 1.29 is 18.8 Å². The van der Waals surface area contributed by atoms with Crippen molar-refractivity contribution in [3.63, 3.8) is 0 Å². The van der Waals surface area contributed by atoms with Gasteiger partial charge in [-0.25, -0.2) is 4.79 Å². The molecule has 8 heteroatoms. The number of aromatic nitrogens is 2. The fraction of sp³-hybridized carbons (Fsp3) is 0.304. The molecule has 3 rings (SSSR count). The minimum Gasteiger partial charge on any atom is -0.452 e. The molecule has 0 saturated carbocycles. The summed E-state index contributed by atoms with van der Waals surface area (Å²) in [5.41, 5.74) is 3.41. The Bertz CT molecular complexity index is 1030. The number of carbonyl (C=O) groups is 2. The van der Waals surface area contributed by atoms with Gasteiger partial charge in [-0.2, -0.15) is 4.98 Å². The molecule has 31 heavy (non-hydrogen) atoms. The quantitative estimate of drug-likeness (QED) is 0.596. The highest BCUT2D eigenvalue weighted by molar-refractivity contribution is 5.92. The largest absolute Gasteiger partial charge is 0.452 e. The van der Waals surface area contributed by atoms with Gasteiger partial charge in [0.1, 0.15) is 0 Å². The van der Waals surface area contributed by atoms with E-state index in [-0.39, 0.29) is 12.3 Å². The molecular formula is C23H26N4O4. The molecule has 0 bridgehead atoms. The van der Waals surface area contributed by atoms with Crippen LogP contribution in [0.3, 0.4) is 0 Å². The minimum absolute atomic E-state index is 0.171. The van der Waals surface area contributed by atoms with Gasteiger partial charge in [0.05, 0.1) is 7.11 Å². The van der Waals surface area contributed by atoms with Crippen molar-refractivity contribution in [2.24, 2.45) is 0 Å². The summed E-state index contributed by atoms with van der Waals surface area (Å²) in [7, 11) is 2.93. The molecule has 0 saturated heterocycles. The summed E-state index contributed by atoms with van der Waals surface area (Å²) in [4.78, 5) is 29.5. The van der Waals surface area contributed by atoms with Gasteiger partial charge in [-0.1, -0.05) is 43.3 Å². The second-order valence-corrected chi connectivity index (χ2v) is 7.41. The van der Waals surface area contributed by atoms with Crippen LogP contribution in [-0.2, 0) is 16.0 Å². The van der Waals surface area contributed by atoms with Gasteiger partial charge in [0.2, 0.25) is 17.6 Å². The first-order valence-corrected chi connectivity index (χ1v) is 10.0. The maximum absolute atomic E-state index is 12.3. The lowest BCUT2D eigenvalue weighted by atomic mass is 10.0. The molecule has 0 aliphatic rings. The highest BCUT2D eigenvalue weighted by atomic mass is 16.5. The number of aryl methyl sites for hydroxylation is 1. The van der Waals surface area contributed by atoms with E-state index in [0.717, 1.165) is 5.56 Å². The Balaban J connectivity index is 1.52. The van der Waals surface area contributed by atoms with Gasteiger partial charge in [-0.05, 0) is 35.7 Å². The van der Waals surface area contributed by atoms with Crippen molar-refractivity contribution >= 4 is 23.4 Å². The number of hydrogen-bond acceptors (Lipinski definition) is 6. The van der Waals surface area contributed by atoms with E-state index in [1.54, 1.807) is 31.3 Å². The number of amides is 2. The third-order valence-electron chi connectivity index (χ3n) is 4.86. The molecule has 0 aliphatic carbocycles.